The fraction of sp³-hybridized carbons (Fsp3) is 0.615. The lowest BCUT2D eigenvalue weighted by Gasteiger charge is -2.29. The van der Waals surface area contributed by atoms with Crippen molar-refractivity contribution in [2.24, 2.45) is 0 Å². The van der Waals surface area contributed by atoms with Crippen molar-refractivity contribution in [3.8, 4) is 0 Å². The van der Waals surface area contributed by atoms with Crippen LogP contribution in [0.4, 0.5) is 19.7 Å². The maximum Gasteiger partial charge on any atom is 0.427 e. The van der Waals surface area contributed by atoms with E-state index in [1.165, 1.54) is 9.47 Å². The van der Waals surface area contributed by atoms with E-state index in [1.807, 2.05) is 0 Å². The molecule has 1 unspecified atom stereocenters. The van der Waals surface area contributed by atoms with Gasteiger partial charge in [-0.2, -0.15) is 4.68 Å². The fourth-order valence-electron chi connectivity index (χ4n) is 4.60. The second-order valence-corrected chi connectivity index (χ2v) is 12.4. The molecule has 11 nitrogen and oxygen atoms in total. The summed E-state index contributed by atoms with van der Waals surface area (Å²) in [5.41, 5.74) is -0.899. The number of halogens is 2. The summed E-state index contributed by atoms with van der Waals surface area (Å²) in [5.74, 6) is -0.755. The molecule has 2 amide bonds. The third kappa shape index (κ3) is 6.00. The average Bonchev–Trinajstić information content (AvgIpc) is 3.51. The van der Waals surface area contributed by atoms with Gasteiger partial charge in [0.15, 0.2) is 0 Å². The van der Waals surface area contributed by atoms with Crippen LogP contribution in [0.2, 0.25) is 5.02 Å². The summed E-state index contributed by atoms with van der Waals surface area (Å²) in [6, 6.07) is 0.519. The number of ether oxygens (including phenoxy) is 2. The van der Waals surface area contributed by atoms with Crippen LogP contribution in [-0.4, -0.2) is 63.7 Å². The first-order valence-electron chi connectivity index (χ1n) is 12.9. The third-order valence-electron chi connectivity index (χ3n) is 6.46. The van der Waals surface area contributed by atoms with Crippen LogP contribution in [0.5, 0.6) is 0 Å². The number of anilines is 1. The van der Waals surface area contributed by atoms with Crippen molar-refractivity contribution in [2.75, 3.05) is 30.5 Å². The summed E-state index contributed by atoms with van der Waals surface area (Å²) < 4.78 is 28.1. The minimum Gasteiger partial charge on any atom is -0.444 e. The smallest absolute Gasteiger partial charge is 0.427 e. The molecule has 0 radical (unpaired) electrons. The number of hydrogen-bond donors (Lipinski definition) is 1. The van der Waals surface area contributed by atoms with Gasteiger partial charge in [0.25, 0.3) is 5.56 Å². The number of likely N-dealkylation sites (N-methyl/N-ethyl adjacent to an activating group) is 1. The second-order valence-electron chi connectivity index (χ2n) is 12.0. The van der Waals surface area contributed by atoms with Crippen LogP contribution >= 0.6 is 11.6 Å². The molecular formula is C26H35ClFN5O6. The first-order chi connectivity index (χ1) is 18.0. The van der Waals surface area contributed by atoms with Crippen LogP contribution in [0.15, 0.2) is 15.7 Å². The van der Waals surface area contributed by atoms with Gasteiger partial charge in [0.05, 0.1) is 27.7 Å². The van der Waals surface area contributed by atoms with Gasteiger partial charge in [0, 0.05) is 26.2 Å². The molecule has 214 valence electrons. The highest BCUT2D eigenvalue weighted by Gasteiger charge is 2.36. The molecule has 4 rings (SSSR count). The zero-order valence-corrected chi connectivity index (χ0v) is 24.0. The zero-order chi connectivity index (χ0) is 29.0. The number of nitrogens with one attached hydrogen (secondary N) is 1. The van der Waals surface area contributed by atoms with E-state index in [-0.39, 0.29) is 40.2 Å². The highest BCUT2D eigenvalue weighted by molar-refractivity contribution is 6.38. The largest absolute Gasteiger partial charge is 0.444 e. The summed E-state index contributed by atoms with van der Waals surface area (Å²) in [6.45, 7) is 10.9. The molecule has 0 spiro atoms. The summed E-state index contributed by atoms with van der Waals surface area (Å²) in [4.78, 5) is 54.8. The molecular weight excluding hydrogens is 533 g/mol. The van der Waals surface area contributed by atoms with Gasteiger partial charge >= 0.3 is 17.9 Å². The van der Waals surface area contributed by atoms with Gasteiger partial charge in [0.2, 0.25) is 0 Å². The first-order valence-corrected chi connectivity index (χ1v) is 13.3. The normalized spacial score (nSPS) is 17.9. The van der Waals surface area contributed by atoms with E-state index in [1.54, 1.807) is 53.5 Å². The predicted molar refractivity (Wildman–Crippen MR) is 146 cm³/mol. The van der Waals surface area contributed by atoms with E-state index in [2.05, 4.69) is 5.43 Å². The highest BCUT2D eigenvalue weighted by atomic mass is 35.5. The SMILES string of the molecule is CN(C(=O)OC(C)(C)C)C1CCN(c2c(F)cc3c(=O)n(NC(=O)OC(C)(C)C)c(=O)n(C4CC4)c3c2Cl)C1. The molecule has 1 aliphatic carbocycles. The molecule has 1 N–H and O–H groups in total. The minimum absolute atomic E-state index is 0.0512. The maximum atomic E-state index is 15.6. The van der Waals surface area contributed by atoms with Crippen molar-refractivity contribution in [2.45, 2.75) is 84.1 Å². The Morgan fingerprint density at radius 3 is 2.26 bits per heavy atom. The van der Waals surface area contributed by atoms with Gasteiger partial charge in [-0.05, 0) is 66.9 Å². The average molecular weight is 568 g/mol. The van der Waals surface area contributed by atoms with Crippen LogP contribution in [0.3, 0.4) is 0 Å². The summed E-state index contributed by atoms with van der Waals surface area (Å²) in [5, 5.41) is -0.221. The van der Waals surface area contributed by atoms with Crippen molar-refractivity contribution < 1.29 is 23.5 Å². The fourth-order valence-corrected chi connectivity index (χ4v) is 5.01. The van der Waals surface area contributed by atoms with Crippen molar-refractivity contribution in [3.05, 3.63) is 37.7 Å². The van der Waals surface area contributed by atoms with E-state index >= 15 is 4.39 Å². The lowest BCUT2D eigenvalue weighted by molar-refractivity contribution is 0.0237. The van der Waals surface area contributed by atoms with Crippen molar-refractivity contribution in [1.82, 2.24) is 14.1 Å². The second kappa shape index (κ2) is 10.0. The lowest BCUT2D eigenvalue weighted by atomic mass is 10.2. The van der Waals surface area contributed by atoms with Crippen molar-refractivity contribution in [3.63, 3.8) is 0 Å². The molecule has 2 aromatic rings. The minimum atomic E-state index is -0.996. The topological polar surface area (TPSA) is 115 Å². The molecule has 1 saturated heterocycles. The van der Waals surface area contributed by atoms with Crippen LogP contribution < -0.4 is 21.6 Å². The Kier molecular flexibility index (Phi) is 7.39. The van der Waals surface area contributed by atoms with Crippen LogP contribution in [0.25, 0.3) is 10.9 Å². The number of rotatable bonds is 4. The Labute approximate surface area is 230 Å². The molecule has 1 saturated carbocycles. The van der Waals surface area contributed by atoms with Gasteiger partial charge in [-0.1, -0.05) is 11.6 Å². The van der Waals surface area contributed by atoms with E-state index < -0.39 is 40.5 Å². The summed E-state index contributed by atoms with van der Waals surface area (Å²) >= 11 is 6.76. The Morgan fingerprint density at radius 1 is 1.08 bits per heavy atom. The van der Waals surface area contributed by atoms with Crippen molar-refractivity contribution in [1.29, 1.82) is 0 Å². The molecule has 1 aromatic carbocycles. The van der Waals surface area contributed by atoms with Crippen molar-refractivity contribution >= 4 is 40.4 Å². The van der Waals surface area contributed by atoms with Gasteiger partial charge < -0.3 is 19.3 Å². The molecule has 1 aliphatic heterocycles. The van der Waals surface area contributed by atoms with Crippen LogP contribution in [0, 0.1) is 5.82 Å². The van der Waals surface area contributed by atoms with E-state index in [4.69, 9.17) is 21.1 Å². The number of carbonyl (C=O) groups is 2. The van der Waals surface area contributed by atoms with Gasteiger partial charge in [-0.25, -0.2) is 24.2 Å². The monoisotopic (exact) mass is 567 g/mol. The molecule has 13 heteroatoms. The predicted octanol–water partition coefficient (Wildman–Crippen LogP) is 4.21. The number of nitrogens with zero attached hydrogens (tertiary/aromatic N) is 4. The Morgan fingerprint density at radius 2 is 1.69 bits per heavy atom. The number of aromatic nitrogens is 2. The van der Waals surface area contributed by atoms with Crippen LogP contribution in [-0.2, 0) is 9.47 Å². The first kappa shape index (κ1) is 28.7. The quantitative estimate of drug-likeness (QED) is 0.588. The number of hydrogen-bond acceptors (Lipinski definition) is 7. The number of benzene rings is 1. The Balaban J connectivity index is 1.73. The lowest BCUT2D eigenvalue weighted by Crippen LogP contribution is -2.48. The highest BCUT2D eigenvalue weighted by Crippen LogP contribution is 2.41. The molecule has 1 aromatic heterocycles. The molecule has 39 heavy (non-hydrogen) atoms. The van der Waals surface area contributed by atoms with E-state index in [0.717, 1.165) is 6.07 Å². The number of carbonyl (C=O) groups excluding carboxylic acids is 2. The van der Waals surface area contributed by atoms with Gasteiger partial charge in [-0.3, -0.25) is 9.36 Å². The van der Waals surface area contributed by atoms with Crippen LogP contribution in [0.1, 0.15) is 66.8 Å². The van der Waals surface area contributed by atoms with Gasteiger partial charge in [0.1, 0.15) is 17.0 Å². The number of fused-ring (bicyclic) bond motifs is 1. The van der Waals surface area contributed by atoms with E-state index in [9.17, 15) is 19.2 Å². The van der Waals surface area contributed by atoms with Gasteiger partial charge in [-0.15, -0.1) is 0 Å². The molecule has 1 atom stereocenters. The third-order valence-corrected chi connectivity index (χ3v) is 6.82. The standard InChI is InChI=1S/C26H35ClFN5O6/c1-25(2,3)38-22(35)29-33-21(34)16-12-17(28)20(18(27)19(16)32(23(33)36)14-8-9-14)31-11-10-15(13-31)30(7)24(37)39-26(4,5)6/h12,14-15H,8-11,13H2,1-7H3,(H,29,35). The summed E-state index contributed by atoms with van der Waals surface area (Å²) in [7, 11) is 1.63. The summed E-state index contributed by atoms with van der Waals surface area (Å²) in [6.07, 6.45) is 0.383. The zero-order valence-electron chi connectivity index (χ0n) is 23.3. The maximum absolute atomic E-state index is 15.6. The Hall–Kier alpha value is -3.28. The van der Waals surface area contributed by atoms with E-state index in [0.29, 0.717) is 30.5 Å². The molecule has 2 aliphatic rings. The molecule has 2 heterocycles. The molecule has 2 fully saturated rings. The number of amides is 2. The molecule has 0 bridgehead atoms. The Bertz CT molecular complexity index is 1440.